The van der Waals surface area contributed by atoms with Crippen LogP contribution in [0.5, 0.6) is 0 Å². The zero-order valence-electron chi connectivity index (χ0n) is 16.7. The molecular formula is C21H28ClN5O. The number of amidine groups is 1. The number of carbonyl (C=O) groups is 1. The Labute approximate surface area is 171 Å². The van der Waals surface area contributed by atoms with Crippen molar-refractivity contribution in [1.29, 1.82) is 5.41 Å². The third kappa shape index (κ3) is 5.00. The van der Waals surface area contributed by atoms with E-state index in [1.54, 1.807) is 13.0 Å². The van der Waals surface area contributed by atoms with Gasteiger partial charge in [0.2, 0.25) is 0 Å². The number of pyridine rings is 1. The average Bonchev–Trinajstić information content (AvgIpc) is 2.65. The molecule has 2 aromatic rings. The van der Waals surface area contributed by atoms with E-state index in [0.717, 1.165) is 43.4 Å². The van der Waals surface area contributed by atoms with Crippen LogP contribution in [0.3, 0.4) is 0 Å². The van der Waals surface area contributed by atoms with E-state index in [1.165, 1.54) is 0 Å². The molecule has 1 aliphatic heterocycles. The van der Waals surface area contributed by atoms with Crippen molar-refractivity contribution in [2.45, 2.75) is 39.7 Å². The van der Waals surface area contributed by atoms with Crippen molar-refractivity contribution < 1.29 is 4.79 Å². The lowest BCUT2D eigenvalue weighted by atomic mass is 10.0. The van der Waals surface area contributed by atoms with E-state index in [-0.39, 0.29) is 11.7 Å². The van der Waals surface area contributed by atoms with Crippen molar-refractivity contribution >= 4 is 40.1 Å². The molecule has 3 N–H and O–H groups in total. The predicted molar refractivity (Wildman–Crippen MR) is 116 cm³/mol. The van der Waals surface area contributed by atoms with Gasteiger partial charge in [0.25, 0.3) is 5.91 Å². The fourth-order valence-electron chi connectivity index (χ4n) is 3.47. The molecule has 0 spiro atoms. The summed E-state index contributed by atoms with van der Waals surface area (Å²) < 4.78 is 0. The molecule has 7 heteroatoms. The van der Waals surface area contributed by atoms with Crippen LogP contribution in [0.2, 0.25) is 5.02 Å². The molecule has 1 aromatic heterocycles. The van der Waals surface area contributed by atoms with Gasteiger partial charge < -0.3 is 15.5 Å². The Hall–Kier alpha value is -2.18. The van der Waals surface area contributed by atoms with E-state index in [9.17, 15) is 4.79 Å². The molecule has 0 unspecified atom stereocenters. The second-order valence-electron chi connectivity index (χ2n) is 7.84. The van der Waals surface area contributed by atoms with Gasteiger partial charge in [0.15, 0.2) is 0 Å². The van der Waals surface area contributed by atoms with E-state index in [2.05, 4.69) is 29.4 Å². The summed E-state index contributed by atoms with van der Waals surface area (Å²) in [7, 11) is 0. The van der Waals surface area contributed by atoms with E-state index in [1.807, 2.05) is 18.2 Å². The summed E-state index contributed by atoms with van der Waals surface area (Å²) in [5, 5.41) is 15.3. The van der Waals surface area contributed by atoms with Crippen LogP contribution in [-0.4, -0.2) is 42.4 Å². The lowest BCUT2D eigenvalue weighted by Crippen LogP contribution is -2.44. The zero-order valence-corrected chi connectivity index (χ0v) is 17.4. The Morgan fingerprint density at radius 1 is 1.32 bits per heavy atom. The minimum Gasteiger partial charge on any atom is -0.356 e. The molecule has 0 atom stereocenters. The number of fused-ring (bicyclic) bond motifs is 1. The fraction of sp³-hybridized carbons (Fsp3) is 0.476. The summed E-state index contributed by atoms with van der Waals surface area (Å²) in [6, 6.07) is 7.82. The van der Waals surface area contributed by atoms with Crippen molar-refractivity contribution in [1.82, 2.24) is 15.6 Å². The summed E-state index contributed by atoms with van der Waals surface area (Å²) in [4.78, 5) is 19.7. The lowest BCUT2D eigenvalue weighted by molar-refractivity contribution is 0.0977. The van der Waals surface area contributed by atoms with Crippen LogP contribution in [0.1, 0.15) is 44.0 Å². The molecule has 1 fully saturated rings. The highest BCUT2D eigenvalue weighted by Gasteiger charge is 2.25. The minimum absolute atomic E-state index is 0.115. The van der Waals surface area contributed by atoms with Gasteiger partial charge in [0, 0.05) is 29.5 Å². The van der Waals surface area contributed by atoms with Gasteiger partial charge in [-0.3, -0.25) is 10.2 Å². The first-order valence-corrected chi connectivity index (χ1v) is 10.2. The number of hydrogen-bond acceptors (Lipinski definition) is 5. The SMILES string of the molecule is CC(=N)NC(=O)c1cc2ccc(Cl)cc2nc1N1CCC(NCC(C)C)CC1. The first-order chi connectivity index (χ1) is 13.3. The number of carbonyl (C=O) groups excluding carboxylic acids is 1. The third-order valence-corrected chi connectivity index (χ3v) is 5.15. The summed E-state index contributed by atoms with van der Waals surface area (Å²) in [6.45, 7) is 8.66. The quantitative estimate of drug-likeness (QED) is 0.525. The fourth-order valence-corrected chi connectivity index (χ4v) is 3.64. The number of rotatable bonds is 5. The number of halogens is 1. The maximum Gasteiger partial charge on any atom is 0.260 e. The molecule has 28 heavy (non-hydrogen) atoms. The molecule has 2 heterocycles. The van der Waals surface area contributed by atoms with Crippen LogP contribution < -0.4 is 15.5 Å². The van der Waals surface area contributed by atoms with Crippen LogP contribution >= 0.6 is 11.6 Å². The van der Waals surface area contributed by atoms with E-state index < -0.39 is 0 Å². The minimum atomic E-state index is -0.299. The summed E-state index contributed by atoms with van der Waals surface area (Å²) in [5.74, 6) is 1.11. The number of hydrogen-bond donors (Lipinski definition) is 3. The topological polar surface area (TPSA) is 81.1 Å². The van der Waals surface area contributed by atoms with Gasteiger partial charge >= 0.3 is 0 Å². The molecule has 0 radical (unpaired) electrons. The van der Waals surface area contributed by atoms with Gasteiger partial charge in [-0.25, -0.2) is 4.98 Å². The highest BCUT2D eigenvalue weighted by atomic mass is 35.5. The Balaban J connectivity index is 1.88. The van der Waals surface area contributed by atoms with Gasteiger partial charge in [-0.05, 0) is 50.4 Å². The number of anilines is 1. The van der Waals surface area contributed by atoms with Gasteiger partial charge in [0.1, 0.15) is 5.82 Å². The Morgan fingerprint density at radius 3 is 2.68 bits per heavy atom. The number of nitrogens with one attached hydrogen (secondary N) is 3. The highest BCUT2D eigenvalue weighted by molar-refractivity contribution is 6.31. The maximum absolute atomic E-state index is 12.7. The Morgan fingerprint density at radius 2 is 2.04 bits per heavy atom. The largest absolute Gasteiger partial charge is 0.356 e. The van der Waals surface area contributed by atoms with Gasteiger partial charge in [-0.1, -0.05) is 31.5 Å². The van der Waals surface area contributed by atoms with Gasteiger partial charge in [-0.2, -0.15) is 0 Å². The van der Waals surface area contributed by atoms with Crippen LogP contribution in [0.25, 0.3) is 10.9 Å². The average molecular weight is 402 g/mol. The van der Waals surface area contributed by atoms with Gasteiger partial charge in [0.05, 0.1) is 16.9 Å². The predicted octanol–water partition coefficient (Wildman–Crippen LogP) is 3.83. The standard InChI is InChI=1S/C21H28ClN5O/c1-13(2)12-24-17-6-8-27(9-7-17)20-18(21(28)25-14(3)23)10-15-4-5-16(22)11-19(15)26-20/h4-5,10-11,13,17,24H,6-9,12H2,1-3H3,(H2,23,25,28). The first kappa shape index (κ1) is 20.6. The summed E-state index contributed by atoms with van der Waals surface area (Å²) in [6.07, 6.45) is 2.01. The van der Waals surface area contributed by atoms with E-state index in [4.69, 9.17) is 22.0 Å². The van der Waals surface area contributed by atoms with Crippen LogP contribution in [-0.2, 0) is 0 Å². The van der Waals surface area contributed by atoms with E-state index in [0.29, 0.717) is 28.4 Å². The van der Waals surface area contributed by atoms with Crippen LogP contribution in [0.4, 0.5) is 5.82 Å². The lowest BCUT2D eigenvalue weighted by Gasteiger charge is -2.34. The Bertz CT molecular complexity index is 874. The van der Waals surface area contributed by atoms with Crippen molar-refractivity contribution in [2.75, 3.05) is 24.5 Å². The molecule has 6 nitrogen and oxygen atoms in total. The normalized spacial score (nSPS) is 15.2. The number of aromatic nitrogens is 1. The monoisotopic (exact) mass is 401 g/mol. The zero-order chi connectivity index (χ0) is 20.3. The molecule has 150 valence electrons. The second-order valence-corrected chi connectivity index (χ2v) is 8.28. The third-order valence-electron chi connectivity index (χ3n) is 4.91. The van der Waals surface area contributed by atoms with Crippen molar-refractivity contribution in [3.8, 4) is 0 Å². The molecule has 1 saturated heterocycles. The molecule has 0 bridgehead atoms. The van der Waals surface area contributed by atoms with Crippen molar-refractivity contribution in [2.24, 2.45) is 5.92 Å². The summed E-state index contributed by atoms with van der Waals surface area (Å²) >= 11 is 6.14. The van der Waals surface area contributed by atoms with Crippen molar-refractivity contribution in [3.63, 3.8) is 0 Å². The van der Waals surface area contributed by atoms with E-state index >= 15 is 0 Å². The number of nitrogens with zero attached hydrogens (tertiary/aromatic N) is 2. The second kappa shape index (κ2) is 8.88. The molecule has 3 rings (SSSR count). The number of amides is 1. The maximum atomic E-state index is 12.7. The van der Waals surface area contributed by atoms with Crippen molar-refractivity contribution in [3.05, 3.63) is 34.9 Å². The first-order valence-electron chi connectivity index (χ1n) is 9.78. The molecule has 0 aliphatic carbocycles. The molecule has 1 amide bonds. The molecular weight excluding hydrogens is 374 g/mol. The Kier molecular flexibility index (Phi) is 6.52. The molecule has 1 aliphatic rings. The number of benzene rings is 1. The van der Waals surface area contributed by atoms with Gasteiger partial charge in [-0.15, -0.1) is 0 Å². The smallest absolute Gasteiger partial charge is 0.260 e. The molecule has 1 aromatic carbocycles. The number of piperidine rings is 1. The van der Waals surface area contributed by atoms with Crippen LogP contribution in [0, 0.1) is 11.3 Å². The molecule has 0 saturated carbocycles. The van der Waals surface area contributed by atoms with Crippen LogP contribution in [0.15, 0.2) is 24.3 Å². The highest BCUT2D eigenvalue weighted by Crippen LogP contribution is 2.28. The summed E-state index contributed by atoms with van der Waals surface area (Å²) in [5.41, 5.74) is 1.26.